The number of aryl methyl sites for hydroxylation is 2. The van der Waals surface area contributed by atoms with E-state index in [1.54, 1.807) is 0 Å². The predicted molar refractivity (Wildman–Crippen MR) is 87.3 cm³/mol. The van der Waals surface area contributed by atoms with E-state index in [1.165, 1.54) is 5.56 Å². The molecule has 1 aromatic carbocycles. The Kier molecular flexibility index (Phi) is 2.65. The third-order valence-corrected chi connectivity index (χ3v) is 4.58. The second-order valence-electron chi connectivity index (χ2n) is 5.18. The van der Waals surface area contributed by atoms with Crippen LogP contribution in [0.3, 0.4) is 0 Å². The largest absolute Gasteiger partial charge is 0.326 e. The van der Waals surface area contributed by atoms with Crippen molar-refractivity contribution < 1.29 is 0 Å². The fourth-order valence-corrected chi connectivity index (χ4v) is 2.92. The summed E-state index contributed by atoms with van der Waals surface area (Å²) in [6.07, 6.45) is 4.05. The number of rotatable bonds is 1. The van der Waals surface area contributed by atoms with E-state index < -0.39 is 0 Å². The van der Waals surface area contributed by atoms with Gasteiger partial charge < -0.3 is 8.97 Å². The van der Waals surface area contributed by atoms with Gasteiger partial charge in [0.15, 0.2) is 5.82 Å². The normalized spacial score (nSPS) is 11.6. The molecule has 3 heterocycles. The molecule has 3 aromatic heterocycles. The van der Waals surface area contributed by atoms with Gasteiger partial charge in [0.1, 0.15) is 11.3 Å². The summed E-state index contributed by atoms with van der Waals surface area (Å²) in [6.45, 7) is 2.06. The van der Waals surface area contributed by atoms with Gasteiger partial charge in [-0.05, 0) is 46.6 Å². The van der Waals surface area contributed by atoms with Gasteiger partial charge in [-0.2, -0.15) is 0 Å². The van der Waals surface area contributed by atoms with Gasteiger partial charge in [-0.3, -0.25) is 0 Å². The van der Waals surface area contributed by atoms with Gasteiger partial charge in [0.25, 0.3) is 0 Å². The van der Waals surface area contributed by atoms with Gasteiger partial charge in [-0.1, -0.05) is 12.1 Å². The molecule has 0 amide bonds. The number of hydrogen-bond acceptors (Lipinski definition) is 2. The third kappa shape index (κ3) is 1.88. The lowest BCUT2D eigenvalue weighted by atomic mass is 10.3. The average Bonchev–Trinajstić information content (AvgIpc) is 3.01. The summed E-state index contributed by atoms with van der Waals surface area (Å²) in [5.74, 6) is 0.883. The molecule has 21 heavy (non-hydrogen) atoms. The minimum atomic E-state index is 0.881. The number of nitrogens with zero attached hydrogens (tertiary/aromatic N) is 4. The number of benzene rings is 1. The van der Waals surface area contributed by atoms with Crippen molar-refractivity contribution in [1.29, 1.82) is 0 Å². The van der Waals surface area contributed by atoms with Crippen LogP contribution >= 0.6 is 15.9 Å². The molecule has 0 saturated carbocycles. The molecule has 4 nitrogen and oxygen atoms in total. The molecule has 0 atom stereocenters. The van der Waals surface area contributed by atoms with Gasteiger partial charge in [0, 0.05) is 23.9 Å². The van der Waals surface area contributed by atoms with Crippen LogP contribution in [0.25, 0.3) is 28.2 Å². The Balaban J connectivity index is 1.97. The molecule has 0 bridgehead atoms. The van der Waals surface area contributed by atoms with E-state index in [4.69, 9.17) is 9.97 Å². The summed E-state index contributed by atoms with van der Waals surface area (Å²) in [5.41, 5.74) is 5.08. The van der Waals surface area contributed by atoms with Crippen molar-refractivity contribution in [2.75, 3.05) is 0 Å². The molecule has 4 aromatic rings. The Bertz CT molecular complexity index is 942. The van der Waals surface area contributed by atoms with Crippen LogP contribution < -0.4 is 0 Å². The topological polar surface area (TPSA) is 35.1 Å². The Morgan fingerprint density at radius 2 is 1.90 bits per heavy atom. The van der Waals surface area contributed by atoms with Crippen LogP contribution in [0.2, 0.25) is 0 Å². The maximum absolute atomic E-state index is 4.70. The fraction of sp³-hybridized carbons (Fsp3) is 0.125. The molecule has 0 aliphatic heterocycles. The van der Waals surface area contributed by atoms with Crippen molar-refractivity contribution in [3.05, 3.63) is 52.8 Å². The van der Waals surface area contributed by atoms with Crippen LogP contribution in [0.1, 0.15) is 5.56 Å². The lowest BCUT2D eigenvalue weighted by Crippen LogP contribution is -1.92. The van der Waals surface area contributed by atoms with E-state index in [-0.39, 0.29) is 0 Å². The monoisotopic (exact) mass is 340 g/mol. The van der Waals surface area contributed by atoms with Gasteiger partial charge in [0.05, 0.1) is 11.0 Å². The third-order valence-electron chi connectivity index (χ3n) is 3.75. The molecular formula is C16H13BrN4. The zero-order valence-electron chi connectivity index (χ0n) is 11.7. The van der Waals surface area contributed by atoms with E-state index in [9.17, 15) is 0 Å². The van der Waals surface area contributed by atoms with Gasteiger partial charge >= 0.3 is 0 Å². The van der Waals surface area contributed by atoms with Gasteiger partial charge in [0.2, 0.25) is 0 Å². The van der Waals surface area contributed by atoms with Gasteiger partial charge in [-0.15, -0.1) is 0 Å². The molecule has 0 N–H and O–H groups in total. The van der Waals surface area contributed by atoms with Crippen molar-refractivity contribution in [2.45, 2.75) is 6.92 Å². The van der Waals surface area contributed by atoms with Crippen LogP contribution in [0.4, 0.5) is 0 Å². The van der Waals surface area contributed by atoms with Crippen molar-refractivity contribution in [1.82, 2.24) is 18.9 Å². The predicted octanol–water partition coefficient (Wildman–Crippen LogP) is 3.96. The Hall–Kier alpha value is -2.14. The van der Waals surface area contributed by atoms with Crippen molar-refractivity contribution >= 4 is 32.6 Å². The van der Waals surface area contributed by atoms with Crippen molar-refractivity contribution in [3.8, 4) is 11.5 Å². The molecule has 104 valence electrons. The molecule has 4 rings (SSSR count). The molecule has 0 fully saturated rings. The van der Waals surface area contributed by atoms with Crippen LogP contribution in [-0.2, 0) is 7.05 Å². The highest BCUT2D eigenvalue weighted by atomic mass is 79.9. The number of aromatic nitrogens is 4. The Labute approximate surface area is 130 Å². The zero-order valence-corrected chi connectivity index (χ0v) is 13.3. The quantitative estimate of drug-likeness (QED) is 0.525. The highest BCUT2D eigenvalue weighted by Crippen LogP contribution is 2.25. The highest BCUT2D eigenvalue weighted by molar-refractivity contribution is 9.10. The van der Waals surface area contributed by atoms with Crippen LogP contribution in [-0.4, -0.2) is 18.9 Å². The summed E-state index contributed by atoms with van der Waals surface area (Å²) in [6, 6.07) is 10.2. The highest BCUT2D eigenvalue weighted by Gasteiger charge is 2.13. The fourth-order valence-electron chi connectivity index (χ4n) is 2.59. The first-order valence-electron chi connectivity index (χ1n) is 6.70. The lowest BCUT2D eigenvalue weighted by molar-refractivity contribution is 0.953. The Morgan fingerprint density at radius 1 is 1.10 bits per heavy atom. The summed E-state index contributed by atoms with van der Waals surface area (Å²) in [5, 5.41) is 0. The van der Waals surface area contributed by atoms with Crippen molar-refractivity contribution in [2.24, 2.45) is 7.05 Å². The zero-order chi connectivity index (χ0) is 14.6. The number of imidazole rings is 2. The lowest BCUT2D eigenvalue weighted by Gasteiger charge is -1.98. The summed E-state index contributed by atoms with van der Waals surface area (Å²) < 4.78 is 5.18. The smallest absolute Gasteiger partial charge is 0.161 e. The van der Waals surface area contributed by atoms with Crippen molar-refractivity contribution in [3.63, 3.8) is 0 Å². The summed E-state index contributed by atoms with van der Waals surface area (Å²) in [4.78, 5) is 9.40. The SMILES string of the molecule is Cc1cc2nc(-c3nc4ccccc4n3C)cn2cc1Br. The first-order valence-corrected chi connectivity index (χ1v) is 7.49. The molecule has 5 heteroatoms. The minimum absolute atomic E-state index is 0.881. The number of halogens is 1. The number of pyridine rings is 1. The van der Waals surface area contributed by atoms with E-state index in [2.05, 4.69) is 39.6 Å². The first-order chi connectivity index (χ1) is 10.1. The van der Waals surface area contributed by atoms with E-state index in [0.29, 0.717) is 0 Å². The molecule has 0 spiro atoms. The summed E-state index contributed by atoms with van der Waals surface area (Å²) in [7, 11) is 2.02. The molecule has 0 aliphatic carbocycles. The van der Waals surface area contributed by atoms with Crippen LogP contribution in [0.15, 0.2) is 47.2 Å². The summed E-state index contributed by atoms with van der Waals surface area (Å²) >= 11 is 3.55. The van der Waals surface area contributed by atoms with E-state index in [0.717, 1.165) is 32.7 Å². The van der Waals surface area contributed by atoms with E-state index in [1.807, 2.05) is 42.0 Å². The number of hydrogen-bond donors (Lipinski definition) is 0. The standard InChI is InChI=1S/C16H13BrN4/c1-10-7-15-18-13(9-21(15)8-11(10)17)16-19-12-5-3-4-6-14(12)20(16)2/h3-9H,1-2H3. The minimum Gasteiger partial charge on any atom is -0.326 e. The number of para-hydroxylation sites is 2. The second-order valence-corrected chi connectivity index (χ2v) is 6.03. The maximum Gasteiger partial charge on any atom is 0.161 e. The van der Waals surface area contributed by atoms with E-state index >= 15 is 0 Å². The average molecular weight is 341 g/mol. The Morgan fingerprint density at radius 3 is 2.71 bits per heavy atom. The molecular weight excluding hydrogens is 328 g/mol. The maximum atomic E-state index is 4.70. The molecule has 0 unspecified atom stereocenters. The molecule has 0 radical (unpaired) electrons. The van der Waals surface area contributed by atoms with Gasteiger partial charge in [-0.25, -0.2) is 9.97 Å². The molecule has 0 saturated heterocycles. The second kappa shape index (κ2) is 4.43. The first kappa shape index (κ1) is 12.6. The molecule has 0 aliphatic rings. The number of fused-ring (bicyclic) bond motifs is 2. The van der Waals surface area contributed by atoms with Crippen LogP contribution in [0, 0.1) is 6.92 Å². The van der Waals surface area contributed by atoms with Crippen LogP contribution in [0.5, 0.6) is 0 Å².